The van der Waals surface area contributed by atoms with Crippen LogP contribution in [0, 0.1) is 11.6 Å². The molecule has 1 fully saturated rings. The summed E-state index contributed by atoms with van der Waals surface area (Å²) in [6.07, 6.45) is 2.18. The molecule has 0 radical (unpaired) electrons. The number of halogens is 2. The summed E-state index contributed by atoms with van der Waals surface area (Å²) in [5.74, 6) is -0.302. The van der Waals surface area contributed by atoms with E-state index in [1.54, 1.807) is 0 Å². The average Bonchev–Trinajstić information content (AvgIpc) is 3.11. The lowest BCUT2D eigenvalue weighted by molar-refractivity contribution is 0.377. The summed E-state index contributed by atoms with van der Waals surface area (Å²) in [5.41, 5.74) is 0.0844. The van der Waals surface area contributed by atoms with Gasteiger partial charge in [-0.3, -0.25) is 0 Å². The fraction of sp³-hybridized carbons (Fsp3) is 0.333. The monoisotopic (exact) mass is 251 g/mol. The Kier molecular flexibility index (Phi) is 2.70. The molecule has 1 aliphatic rings. The van der Waals surface area contributed by atoms with Crippen LogP contribution in [0.5, 0.6) is 0 Å². The molecule has 1 saturated carbocycles. The van der Waals surface area contributed by atoms with Gasteiger partial charge in [0, 0.05) is 5.92 Å². The molecule has 3 rings (SSSR count). The number of benzene rings is 1. The predicted octanol–water partition coefficient (Wildman–Crippen LogP) is 2.84. The molecule has 0 saturated heterocycles. The molecule has 1 N–H and O–H groups in total. The Labute approximate surface area is 102 Å². The Morgan fingerprint density at radius 1 is 1.33 bits per heavy atom. The number of hydrogen-bond donors (Lipinski definition) is 1. The summed E-state index contributed by atoms with van der Waals surface area (Å²) < 4.78 is 31.3. The maximum atomic E-state index is 13.3. The molecular formula is C12H11F2N3O. The molecule has 0 spiro atoms. The van der Waals surface area contributed by atoms with Crippen LogP contribution < -0.4 is 5.32 Å². The van der Waals surface area contributed by atoms with Crippen LogP contribution in [0.4, 0.5) is 14.5 Å². The van der Waals surface area contributed by atoms with E-state index in [2.05, 4.69) is 15.5 Å². The molecule has 0 amide bonds. The molecule has 2 aromatic rings. The van der Waals surface area contributed by atoms with E-state index >= 15 is 0 Å². The first-order valence-electron chi connectivity index (χ1n) is 5.74. The van der Waals surface area contributed by atoms with E-state index in [-0.39, 0.29) is 12.2 Å². The van der Waals surface area contributed by atoms with Gasteiger partial charge in [0.15, 0.2) is 17.5 Å². The third-order valence-electron chi connectivity index (χ3n) is 2.81. The minimum Gasteiger partial charge on any atom is -0.374 e. The largest absolute Gasteiger partial charge is 0.374 e. The third kappa shape index (κ3) is 2.18. The van der Waals surface area contributed by atoms with Gasteiger partial charge < -0.3 is 9.84 Å². The molecule has 1 heterocycles. The van der Waals surface area contributed by atoms with Crippen molar-refractivity contribution in [2.45, 2.75) is 25.3 Å². The number of aromatic nitrogens is 2. The standard InChI is InChI=1S/C12H11F2N3O/c13-8-2-1-3-9(11(8)14)15-6-10-16-12(17-18-10)7-4-5-7/h1-3,7,15H,4-6H2. The summed E-state index contributed by atoms with van der Waals surface area (Å²) in [5, 5.41) is 6.57. The highest BCUT2D eigenvalue weighted by Crippen LogP contribution is 2.38. The van der Waals surface area contributed by atoms with Crippen LogP contribution in [0.15, 0.2) is 22.7 Å². The van der Waals surface area contributed by atoms with Crippen molar-refractivity contribution in [2.24, 2.45) is 0 Å². The molecule has 1 aromatic heterocycles. The van der Waals surface area contributed by atoms with Gasteiger partial charge in [-0.15, -0.1) is 0 Å². The van der Waals surface area contributed by atoms with E-state index in [4.69, 9.17) is 4.52 Å². The molecule has 0 aliphatic heterocycles. The van der Waals surface area contributed by atoms with Crippen molar-refractivity contribution in [1.29, 1.82) is 0 Å². The van der Waals surface area contributed by atoms with E-state index < -0.39 is 11.6 Å². The van der Waals surface area contributed by atoms with Crippen LogP contribution in [0.25, 0.3) is 0 Å². The van der Waals surface area contributed by atoms with E-state index in [1.807, 2.05) is 0 Å². The van der Waals surface area contributed by atoms with Gasteiger partial charge in [-0.05, 0) is 25.0 Å². The summed E-state index contributed by atoms with van der Waals surface area (Å²) >= 11 is 0. The zero-order valence-corrected chi connectivity index (χ0v) is 9.49. The summed E-state index contributed by atoms with van der Waals surface area (Å²) in [4.78, 5) is 4.18. The van der Waals surface area contributed by atoms with Gasteiger partial charge in [-0.1, -0.05) is 11.2 Å². The van der Waals surface area contributed by atoms with Gasteiger partial charge >= 0.3 is 0 Å². The van der Waals surface area contributed by atoms with Gasteiger partial charge in [-0.2, -0.15) is 4.98 Å². The van der Waals surface area contributed by atoms with Crippen molar-refractivity contribution in [2.75, 3.05) is 5.32 Å². The Hall–Kier alpha value is -1.98. The van der Waals surface area contributed by atoms with Crippen LogP contribution in [-0.4, -0.2) is 10.1 Å². The van der Waals surface area contributed by atoms with Gasteiger partial charge in [0.1, 0.15) is 0 Å². The van der Waals surface area contributed by atoms with Crippen molar-refractivity contribution in [3.8, 4) is 0 Å². The lowest BCUT2D eigenvalue weighted by Crippen LogP contribution is -2.03. The maximum absolute atomic E-state index is 13.3. The van der Waals surface area contributed by atoms with Crippen LogP contribution in [0.2, 0.25) is 0 Å². The van der Waals surface area contributed by atoms with E-state index in [1.165, 1.54) is 12.1 Å². The Morgan fingerprint density at radius 3 is 2.94 bits per heavy atom. The summed E-state index contributed by atoms with van der Waals surface area (Å²) in [6.45, 7) is 0.181. The number of hydrogen-bond acceptors (Lipinski definition) is 4. The smallest absolute Gasteiger partial charge is 0.245 e. The molecule has 1 aromatic carbocycles. The molecule has 0 atom stereocenters. The molecule has 0 unspecified atom stereocenters. The van der Waals surface area contributed by atoms with Crippen molar-refractivity contribution < 1.29 is 13.3 Å². The fourth-order valence-corrected chi connectivity index (χ4v) is 1.66. The molecule has 6 heteroatoms. The molecule has 1 aliphatic carbocycles. The van der Waals surface area contributed by atoms with E-state index in [0.29, 0.717) is 17.6 Å². The maximum Gasteiger partial charge on any atom is 0.245 e. The zero-order chi connectivity index (χ0) is 12.5. The topological polar surface area (TPSA) is 51.0 Å². The molecule has 18 heavy (non-hydrogen) atoms. The van der Waals surface area contributed by atoms with E-state index in [9.17, 15) is 8.78 Å². The van der Waals surface area contributed by atoms with Crippen molar-refractivity contribution in [1.82, 2.24) is 10.1 Å². The second-order valence-electron chi connectivity index (χ2n) is 4.28. The number of rotatable bonds is 4. The minimum atomic E-state index is -0.903. The number of nitrogens with zero attached hydrogens (tertiary/aromatic N) is 2. The normalized spacial score (nSPS) is 14.8. The first kappa shape index (κ1) is 11.1. The first-order chi connectivity index (χ1) is 8.74. The highest BCUT2D eigenvalue weighted by atomic mass is 19.2. The summed E-state index contributed by atoms with van der Waals surface area (Å²) in [7, 11) is 0. The third-order valence-corrected chi connectivity index (χ3v) is 2.81. The lowest BCUT2D eigenvalue weighted by Gasteiger charge is -2.04. The van der Waals surface area contributed by atoms with Crippen molar-refractivity contribution in [3.63, 3.8) is 0 Å². The van der Waals surface area contributed by atoms with Gasteiger partial charge in [0.2, 0.25) is 5.89 Å². The van der Waals surface area contributed by atoms with Crippen LogP contribution in [-0.2, 0) is 6.54 Å². The van der Waals surface area contributed by atoms with Gasteiger partial charge in [-0.25, -0.2) is 8.78 Å². The average molecular weight is 251 g/mol. The highest BCUT2D eigenvalue weighted by molar-refractivity contribution is 5.44. The first-order valence-corrected chi connectivity index (χ1v) is 5.74. The molecule has 0 bridgehead atoms. The van der Waals surface area contributed by atoms with Crippen LogP contribution in [0.3, 0.4) is 0 Å². The quantitative estimate of drug-likeness (QED) is 0.907. The van der Waals surface area contributed by atoms with Crippen molar-refractivity contribution >= 4 is 5.69 Å². The van der Waals surface area contributed by atoms with Crippen LogP contribution >= 0.6 is 0 Å². The predicted molar refractivity (Wildman–Crippen MR) is 60.0 cm³/mol. The van der Waals surface area contributed by atoms with Gasteiger partial charge in [0.25, 0.3) is 0 Å². The van der Waals surface area contributed by atoms with Crippen LogP contribution in [0.1, 0.15) is 30.5 Å². The zero-order valence-electron chi connectivity index (χ0n) is 9.49. The Balaban J connectivity index is 1.67. The second-order valence-corrected chi connectivity index (χ2v) is 4.28. The van der Waals surface area contributed by atoms with Crippen molar-refractivity contribution in [3.05, 3.63) is 41.5 Å². The van der Waals surface area contributed by atoms with E-state index in [0.717, 1.165) is 18.9 Å². The SMILES string of the molecule is Fc1cccc(NCc2nc(C3CC3)no2)c1F. The Morgan fingerprint density at radius 2 is 2.17 bits per heavy atom. The molecular weight excluding hydrogens is 240 g/mol. The Bertz CT molecular complexity index is 566. The summed E-state index contributed by atoms with van der Waals surface area (Å²) in [6, 6.07) is 3.96. The number of nitrogens with one attached hydrogen (secondary N) is 1. The minimum absolute atomic E-state index is 0.0844. The fourth-order valence-electron chi connectivity index (χ4n) is 1.66. The number of anilines is 1. The molecule has 4 nitrogen and oxygen atoms in total. The second kappa shape index (κ2) is 4.36. The lowest BCUT2D eigenvalue weighted by atomic mass is 10.3. The highest BCUT2D eigenvalue weighted by Gasteiger charge is 2.28. The molecule has 94 valence electrons. The van der Waals surface area contributed by atoms with Gasteiger partial charge in [0.05, 0.1) is 12.2 Å².